The van der Waals surface area contributed by atoms with E-state index in [0.717, 1.165) is 11.4 Å². The molecule has 0 aliphatic heterocycles. The molecular formula is C12H12N2O2S. The molecule has 2 aromatic heterocycles. The van der Waals surface area contributed by atoms with Crippen LogP contribution in [0.1, 0.15) is 35.8 Å². The van der Waals surface area contributed by atoms with Gasteiger partial charge in [-0.1, -0.05) is 13.8 Å². The third-order valence-electron chi connectivity index (χ3n) is 2.40. The number of carboxylic acid groups (broad SMARTS) is 1. The van der Waals surface area contributed by atoms with Crippen LogP contribution in [-0.2, 0) is 0 Å². The molecule has 88 valence electrons. The quantitative estimate of drug-likeness (QED) is 0.906. The van der Waals surface area contributed by atoms with E-state index >= 15 is 0 Å². The molecule has 5 heteroatoms. The van der Waals surface area contributed by atoms with Gasteiger partial charge in [-0.25, -0.2) is 14.8 Å². The van der Waals surface area contributed by atoms with Crippen molar-refractivity contribution in [2.24, 2.45) is 0 Å². The van der Waals surface area contributed by atoms with Crippen molar-refractivity contribution in [3.63, 3.8) is 0 Å². The highest BCUT2D eigenvalue weighted by molar-refractivity contribution is 7.07. The van der Waals surface area contributed by atoms with E-state index < -0.39 is 5.97 Å². The summed E-state index contributed by atoms with van der Waals surface area (Å²) in [7, 11) is 0. The van der Waals surface area contributed by atoms with Crippen LogP contribution >= 0.6 is 11.3 Å². The van der Waals surface area contributed by atoms with E-state index in [2.05, 4.69) is 9.97 Å². The first-order chi connectivity index (χ1) is 8.09. The van der Waals surface area contributed by atoms with Gasteiger partial charge in [0.2, 0.25) is 0 Å². The summed E-state index contributed by atoms with van der Waals surface area (Å²) in [5.41, 5.74) is 4.10. The second kappa shape index (κ2) is 4.63. The van der Waals surface area contributed by atoms with Crippen molar-refractivity contribution in [1.29, 1.82) is 0 Å². The van der Waals surface area contributed by atoms with E-state index in [-0.39, 0.29) is 11.5 Å². The molecular weight excluding hydrogens is 236 g/mol. The molecule has 1 N–H and O–H groups in total. The van der Waals surface area contributed by atoms with E-state index in [1.807, 2.05) is 19.2 Å². The molecule has 0 bridgehead atoms. The molecule has 0 fully saturated rings. The average Bonchev–Trinajstić information content (AvgIpc) is 2.81. The van der Waals surface area contributed by atoms with Gasteiger partial charge in [0.15, 0.2) is 0 Å². The van der Waals surface area contributed by atoms with Gasteiger partial charge in [-0.05, 0) is 18.1 Å². The van der Waals surface area contributed by atoms with Crippen LogP contribution < -0.4 is 0 Å². The predicted octanol–water partition coefficient (Wildman–Crippen LogP) is 3.03. The summed E-state index contributed by atoms with van der Waals surface area (Å²) in [6, 6.07) is 3.30. The molecule has 2 rings (SSSR count). The summed E-state index contributed by atoms with van der Waals surface area (Å²) in [6.07, 6.45) is 0. The Labute approximate surface area is 103 Å². The number of nitrogens with zero attached hydrogens (tertiary/aromatic N) is 2. The first kappa shape index (κ1) is 11.7. The zero-order valence-electron chi connectivity index (χ0n) is 9.54. The van der Waals surface area contributed by atoms with E-state index in [1.54, 1.807) is 17.6 Å². The maximum absolute atomic E-state index is 11.1. The zero-order chi connectivity index (χ0) is 12.4. The molecule has 0 saturated heterocycles. The lowest BCUT2D eigenvalue weighted by Gasteiger charge is -2.09. The second-order valence-electron chi connectivity index (χ2n) is 3.96. The Hall–Kier alpha value is -1.75. The van der Waals surface area contributed by atoms with Crippen molar-refractivity contribution in [3.8, 4) is 11.4 Å². The molecule has 0 spiro atoms. The van der Waals surface area contributed by atoms with Gasteiger partial charge in [-0.2, -0.15) is 0 Å². The number of aromatic carboxylic acids is 1. The van der Waals surface area contributed by atoms with Crippen LogP contribution in [-0.4, -0.2) is 21.0 Å². The second-order valence-corrected chi connectivity index (χ2v) is 4.68. The van der Waals surface area contributed by atoms with Crippen LogP contribution in [0.3, 0.4) is 0 Å². The van der Waals surface area contributed by atoms with Gasteiger partial charge >= 0.3 is 5.97 Å². The van der Waals surface area contributed by atoms with Crippen LogP contribution in [0.25, 0.3) is 11.4 Å². The van der Waals surface area contributed by atoms with Gasteiger partial charge in [0.1, 0.15) is 0 Å². The Bertz CT molecular complexity index is 535. The van der Waals surface area contributed by atoms with Crippen molar-refractivity contribution >= 4 is 17.3 Å². The number of hydrogen-bond donors (Lipinski definition) is 1. The van der Waals surface area contributed by atoms with Crippen LogP contribution in [0.2, 0.25) is 0 Å². The fraction of sp³-hybridized carbons (Fsp3) is 0.250. The van der Waals surface area contributed by atoms with Gasteiger partial charge in [0.25, 0.3) is 0 Å². The maximum Gasteiger partial charge on any atom is 0.337 e. The molecule has 0 aliphatic rings. The molecule has 2 aromatic rings. The van der Waals surface area contributed by atoms with Gasteiger partial charge < -0.3 is 5.11 Å². The van der Waals surface area contributed by atoms with Crippen molar-refractivity contribution in [2.75, 3.05) is 0 Å². The lowest BCUT2D eigenvalue weighted by molar-refractivity contribution is 0.0694. The third-order valence-corrected chi connectivity index (χ3v) is 2.98. The number of carboxylic acids is 1. The summed E-state index contributed by atoms with van der Waals surface area (Å²) < 4.78 is 0. The fourth-order valence-corrected chi connectivity index (χ4v) is 2.12. The topological polar surface area (TPSA) is 63.1 Å². The van der Waals surface area contributed by atoms with Crippen LogP contribution in [0.4, 0.5) is 0 Å². The third kappa shape index (κ3) is 2.34. The Kier molecular flexibility index (Phi) is 3.19. The summed E-state index contributed by atoms with van der Waals surface area (Å²) in [5.74, 6) is -0.870. The average molecular weight is 248 g/mol. The summed E-state index contributed by atoms with van der Waals surface area (Å²) in [5, 5.41) is 11.0. The largest absolute Gasteiger partial charge is 0.478 e. The Morgan fingerprint density at radius 1 is 1.35 bits per heavy atom. The van der Waals surface area contributed by atoms with E-state index in [0.29, 0.717) is 5.69 Å². The van der Waals surface area contributed by atoms with Crippen LogP contribution in [0.5, 0.6) is 0 Å². The van der Waals surface area contributed by atoms with Crippen molar-refractivity contribution < 1.29 is 9.90 Å². The summed E-state index contributed by atoms with van der Waals surface area (Å²) in [4.78, 5) is 19.6. The van der Waals surface area contributed by atoms with E-state index in [1.165, 1.54) is 11.3 Å². The van der Waals surface area contributed by atoms with Crippen molar-refractivity contribution in [1.82, 2.24) is 9.97 Å². The first-order valence-electron chi connectivity index (χ1n) is 5.22. The number of hydrogen-bond acceptors (Lipinski definition) is 4. The van der Waals surface area contributed by atoms with Gasteiger partial charge in [-0.15, -0.1) is 11.3 Å². The highest BCUT2D eigenvalue weighted by atomic mass is 32.1. The minimum atomic E-state index is -0.939. The Morgan fingerprint density at radius 2 is 2.12 bits per heavy atom. The minimum Gasteiger partial charge on any atom is -0.478 e. The van der Waals surface area contributed by atoms with Crippen LogP contribution in [0.15, 0.2) is 23.0 Å². The number of thiazole rings is 1. The fourth-order valence-electron chi connectivity index (χ4n) is 1.58. The van der Waals surface area contributed by atoms with Crippen molar-refractivity contribution in [3.05, 3.63) is 34.3 Å². The Balaban J connectivity index is 2.53. The minimum absolute atomic E-state index is 0.0692. The van der Waals surface area contributed by atoms with Gasteiger partial charge in [-0.3, -0.25) is 0 Å². The number of carbonyl (C=O) groups is 1. The summed E-state index contributed by atoms with van der Waals surface area (Å²) >= 11 is 1.49. The molecule has 0 aliphatic carbocycles. The normalized spacial score (nSPS) is 10.8. The lowest BCUT2D eigenvalue weighted by Crippen LogP contribution is -2.07. The zero-order valence-corrected chi connectivity index (χ0v) is 10.4. The molecule has 0 radical (unpaired) electrons. The number of aromatic nitrogens is 2. The molecule has 4 nitrogen and oxygen atoms in total. The monoisotopic (exact) mass is 248 g/mol. The molecule has 17 heavy (non-hydrogen) atoms. The molecule has 0 atom stereocenters. The number of pyridine rings is 1. The SMILES string of the molecule is CC(C)c1nc(-c2cscn2)ccc1C(=O)O. The molecule has 0 amide bonds. The van der Waals surface area contributed by atoms with Gasteiger partial charge in [0, 0.05) is 5.38 Å². The highest BCUT2D eigenvalue weighted by Crippen LogP contribution is 2.23. The first-order valence-corrected chi connectivity index (χ1v) is 6.16. The molecule has 2 heterocycles. The molecule has 0 saturated carbocycles. The summed E-state index contributed by atoms with van der Waals surface area (Å²) in [6.45, 7) is 3.86. The smallest absolute Gasteiger partial charge is 0.337 e. The highest BCUT2D eigenvalue weighted by Gasteiger charge is 2.16. The molecule has 0 unspecified atom stereocenters. The van der Waals surface area contributed by atoms with E-state index in [9.17, 15) is 4.79 Å². The van der Waals surface area contributed by atoms with Gasteiger partial charge in [0.05, 0.1) is 28.2 Å². The predicted molar refractivity (Wildman–Crippen MR) is 66.4 cm³/mol. The number of rotatable bonds is 3. The Morgan fingerprint density at radius 3 is 2.65 bits per heavy atom. The molecule has 0 aromatic carbocycles. The van der Waals surface area contributed by atoms with Crippen molar-refractivity contribution in [2.45, 2.75) is 19.8 Å². The van der Waals surface area contributed by atoms with Crippen LogP contribution in [0, 0.1) is 0 Å². The lowest BCUT2D eigenvalue weighted by atomic mass is 10.0. The van der Waals surface area contributed by atoms with E-state index in [4.69, 9.17) is 5.11 Å². The standard InChI is InChI=1S/C12H12N2O2S/c1-7(2)11-8(12(15)16)3-4-9(14-11)10-5-17-6-13-10/h3-7H,1-2H3,(H,15,16). The maximum atomic E-state index is 11.1.